The van der Waals surface area contributed by atoms with E-state index in [9.17, 15) is 0 Å². The summed E-state index contributed by atoms with van der Waals surface area (Å²) in [5, 5.41) is 0. The van der Waals surface area contributed by atoms with Crippen LogP contribution >= 0.6 is 0 Å². The van der Waals surface area contributed by atoms with E-state index in [4.69, 9.17) is 0 Å². The van der Waals surface area contributed by atoms with Crippen molar-refractivity contribution in [2.75, 3.05) is 13.1 Å². The first-order valence-electron chi connectivity index (χ1n) is 7.33. The fraction of sp³-hybridized carbons (Fsp3) is 1.00. The molecular formula is C15H29N. The maximum absolute atomic E-state index is 2.80. The highest BCUT2D eigenvalue weighted by atomic mass is 15.2. The number of rotatable bonds is 3. The molecule has 16 heavy (non-hydrogen) atoms. The van der Waals surface area contributed by atoms with Gasteiger partial charge in [0.2, 0.25) is 0 Å². The Hall–Kier alpha value is -0.0400. The molecule has 2 fully saturated rings. The van der Waals surface area contributed by atoms with Crippen LogP contribution in [0.3, 0.4) is 0 Å². The van der Waals surface area contributed by atoms with Crippen LogP contribution in [0.4, 0.5) is 0 Å². The van der Waals surface area contributed by atoms with E-state index >= 15 is 0 Å². The lowest BCUT2D eigenvalue weighted by atomic mass is 9.72. The van der Waals surface area contributed by atoms with Gasteiger partial charge in [-0.1, -0.05) is 34.1 Å². The molecule has 0 N–H and O–H groups in total. The van der Waals surface area contributed by atoms with E-state index in [0.29, 0.717) is 0 Å². The van der Waals surface area contributed by atoms with Gasteiger partial charge in [-0.15, -0.1) is 0 Å². The largest absolute Gasteiger partial charge is 0.300 e. The number of hydrogen-bond donors (Lipinski definition) is 0. The molecule has 1 nitrogen and oxygen atoms in total. The van der Waals surface area contributed by atoms with Gasteiger partial charge in [0.25, 0.3) is 0 Å². The highest BCUT2D eigenvalue weighted by molar-refractivity contribution is 4.89. The van der Waals surface area contributed by atoms with Crippen LogP contribution in [0.1, 0.15) is 53.4 Å². The minimum absolute atomic E-state index is 0.857. The molecular weight excluding hydrogens is 194 g/mol. The first-order valence-corrected chi connectivity index (χ1v) is 7.33. The maximum atomic E-state index is 2.80. The van der Waals surface area contributed by atoms with Gasteiger partial charge < -0.3 is 4.90 Å². The van der Waals surface area contributed by atoms with Crippen LogP contribution in [-0.2, 0) is 0 Å². The molecule has 1 saturated heterocycles. The smallest absolute Gasteiger partial charge is 0.00953 e. The van der Waals surface area contributed by atoms with E-state index in [-0.39, 0.29) is 0 Å². The normalized spacial score (nSPS) is 33.4. The third-order valence-corrected chi connectivity index (χ3v) is 5.05. The van der Waals surface area contributed by atoms with E-state index in [1.54, 1.807) is 0 Å². The number of nitrogens with zero attached hydrogens (tertiary/aromatic N) is 1. The monoisotopic (exact) mass is 223 g/mol. The van der Waals surface area contributed by atoms with Crippen LogP contribution in [0.15, 0.2) is 0 Å². The molecule has 2 rings (SSSR count). The van der Waals surface area contributed by atoms with E-state index in [1.807, 2.05) is 0 Å². The summed E-state index contributed by atoms with van der Waals surface area (Å²) in [7, 11) is 0. The lowest BCUT2D eigenvalue weighted by Crippen LogP contribution is -2.50. The molecule has 1 heterocycles. The van der Waals surface area contributed by atoms with Crippen molar-refractivity contribution in [2.24, 2.45) is 23.7 Å². The van der Waals surface area contributed by atoms with Crippen molar-refractivity contribution >= 4 is 0 Å². The molecule has 0 aromatic carbocycles. The van der Waals surface area contributed by atoms with E-state index in [0.717, 1.165) is 29.7 Å². The molecule has 2 aliphatic rings. The van der Waals surface area contributed by atoms with E-state index in [1.165, 1.54) is 38.8 Å². The van der Waals surface area contributed by atoms with Gasteiger partial charge >= 0.3 is 0 Å². The Kier molecular flexibility index (Phi) is 3.94. The van der Waals surface area contributed by atoms with E-state index < -0.39 is 0 Å². The minimum Gasteiger partial charge on any atom is -0.300 e. The van der Waals surface area contributed by atoms with Crippen LogP contribution in [0, 0.1) is 23.7 Å². The molecule has 0 bridgehead atoms. The quantitative estimate of drug-likeness (QED) is 0.703. The van der Waals surface area contributed by atoms with Gasteiger partial charge in [0.1, 0.15) is 0 Å². The van der Waals surface area contributed by atoms with Gasteiger partial charge in [-0.25, -0.2) is 0 Å². The van der Waals surface area contributed by atoms with Gasteiger partial charge in [-0.2, -0.15) is 0 Å². The predicted octanol–water partition coefficient (Wildman–Crippen LogP) is 3.79. The first-order chi connectivity index (χ1) is 7.59. The summed E-state index contributed by atoms with van der Waals surface area (Å²) < 4.78 is 0. The fourth-order valence-electron chi connectivity index (χ4n) is 3.64. The Bertz CT molecular complexity index is 217. The van der Waals surface area contributed by atoms with Crippen molar-refractivity contribution in [3.63, 3.8) is 0 Å². The number of hydrogen-bond acceptors (Lipinski definition) is 1. The number of piperidine rings is 1. The predicted molar refractivity (Wildman–Crippen MR) is 70.5 cm³/mol. The second-order valence-corrected chi connectivity index (χ2v) is 6.68. The maximum Gasteiger partial charge on any atom is 0.00953 e. The second-order valence-electron chi connectivity index (χ2n) is 6.68. The Balaban J connectivity index is 1.96. The van der Waals surface area contributed by atoms with Gasteiger partial charge in [0.15, 0.2) is 0 Å². The summed E-state index contributed by atoms with van der Waals surface area (Å²) in [5.74, 6) is 3.64. The molecule has 0 aromatic heterocycles. The molecule has 1 heteroatoms. The minimum atomic E-state index is 0.857. The van der Waals surface area contributed by atoms with Crippen LogP contribution in [0.25, 0.3) is 0 Å². The summed E-state index contributed by atoms with van der Waals surface area (Å²) in [4.78, 5) is 2.80. The summed E-state index contributed by atoms with van der Waals surface area (Å²) in [6, 6.07) is 0.953. The topological polar surface area (TPSA) is 3.24 Å². The molecule has 0 aromatic rings. The Morgan fingerprint density at radius 1 is 0.875 bits per heavy atom. The SMILES string of the molecule is CC(C)C1CCN(C2CCC2)C[C@H]1C(C)C. The summed E-state index contributed by atoms with van der Waals surface area (Å²) in [5.41, 5.74) is 0. The number of likely N-dealkylation sites (tertiary alicyclic amines) is 1. The molecule has 1 aliphatic carbocycles. The fourth-order valence-corrected chi connectivity index (χ4v) is 3.64. The van der Waals surface area contributed by atoms with Crippen LogP contribution in [-0.4, -0.2) is 24.0 Å². The molecule has 94 valence electrons. The van der Waals surface area contributed by atoms with Crippen molar-refractivity contribution in [2.45, 2.75) is 59.4 Å². The average molecular weight is 223 g/mol. The zero-order chi connectivity index (χ0) is 11.7. The lowest BCUT2D eigenvalue weighted by Gasteiger charge is -2.47. The highest BCUT2D eigenvalue weighted by Gasteiger charge is 2.36. The third kappa shape index (κ3) is 2.45. The first kappa shape index (κ1) is 12.4. The highest BCUT2D eigenvalue weighted by Crippen LogP contribution is 2.37. The lowest BCUT2D eigenvalue weighted by molar-refractivity contribution is 0.0150. The third-order valence-electron chi connectivity index (χ3n) is 5.05. The average Bonchev–Trinajstić information content (AvgIpc) is 2.14. The standard InChI is InChI=1S/C15H29N/c1-11(2)14-8-9-16(13-6-5-7-13)10-15(14)12(3)4/h11-15H,5-10H2,1-4H3/t14?,15-/m0/s1. The zero-order valence-electron chi connectivity index (χ0n) is 11.6. The molecule has 2 atom stereocenters. The van der Waals surface area contributed by atoms with E-state index in [2.05, 4.69) is 32.6 Å². The van der Waals surface area contributed by atoms with Gasteiger partial charge in [-0.05, 0) is 49.5 Å². The van der Waals surface area contributed by atoms with Crippen molar-refractivity contribution in [3.8, 4) is 0 Å². The zero-order valence-corrected chi connectivity index (χ0v) is 11.6. The summed E-state index contributed by atoms with van der Waals surface area (Å²) in [6.45, 7) is 12.4. The molecule has 0 amide bonds. The summed E-state index contributed by atoms with van der Waals surface area (Å²) >= 11 is 0. The molecule has 1 unspecified atom stereocenters. The summed E-state index contributed by atoms with van der Waals surface area (Å²) in [6.07, 6.45) is 5.85. The van der Waals surface area contributed by atoms with Crippen LogP contribution < -0.4 is 0 Å². The molecule has 0 radical (unpaired) electrons. The van der Waals surface area contributed by atoms with Gasteiger partial charge in [0.05, 0.1) is 0 Å². The Morgan fingerprint density at radius 3 is 1.94 bits per heavy atom. The van der Waals surface area contributed by atoms with Gasteiger partial charge in [-0.3, -0.25) is 0 Å². The van der Waals surface area contributed by atoms with Crippen LogP contribution in [0.2, 0.25) is 0 Å². The van der Waals surface area contributed by atoms with Crippen molar-refractivity contribution < 1.29 is 0 Å². The Morgan fingerprint density at radius 2 is 1.50 bits per heavy atom. The molecule has 1 saturated carbocycles. The van der Waals surface area contributed by atoms with Crippen molar-refractivity contribution in [1.29, 1.82) is 0 Å². The molecule has 1 aliphatic heterocycles. The second kappa shape index (κ2) is 5.08. The Labute approximate surface area is 102 Å². The van der Waals surface area contributed by atoms with Crippen LogP contribution in [0.5, 0.6) is 0 Å². The van der Waals surface area contributed by atoms with Gasteiger partial charge in [0, 0.05) is 12.6 Å². The molecule has 0 spiro atoms. The van der Waals surface area contributed by atoms with Crippen molar-refractivity contribution in [3.05, 3.63) is 0 Å². The van der Waals surface area contributed by atoms with Crippen molar-refractivity contribution in [1.82, 2.24) is 4.90 Å².